The van der Waals surface area contributed by atoms with E-state index in [-0.39, 0.29) is 17.9 Å². The Morgan fingerprint density at radius 3 is 2.23 bits per heavy atom. The van der Waals surface area contributed by atoms with E-state index in [4.69, 9.17) is 4.74 Å². The van der Waals surface area contributed by atoms with Crippen LogP contribution in [0.15, 0.2) is 78.9 Å². The van der Waals surface area contributed by atoms with Crippen LogP contribution in [0.5, 0.6) is 5.75 Å². The number of likely N-dealkylation sites (N-methyl/N-ethyl adjacent to an activating group) is 1. The fourth-order valence-electron chi connectivity index (χ4n) is 3.37. The van der Waals surface area contributed by atoms with Gasteiger partial charge in [-0.2, -0.15) is 0 Å². The third kappa shape index (κ3) is 5.49. The van der Waals surface area contributed by atoms with Crippen LogP contribution in [0.2, 0.25) is 0 Å². The van der Waals surface area contributed by atoms with Gasteiger partial charge in [-0.05, 0) is 44.4 Å². The molecule has 0 aliphatic heterocycles. The summed E-state index contributed by atoms with van der Waals surface area (Å²) in [6, 6.07) is 23.6. The number of carbonyl (C=O) groups excluding carboxylic acids is 2. The molecular weight excluding hydrogens is 390 g/mol. The van der Waals surface area contributed by atoms with Gasteiger partial charge < -0.3 is 20.3 Å². The van der Waals surface area contributed by atoms with Crippen molar-refractivity contribution < 1.29 is 14.3 Å². The van der Waals surface area contributed by atoms with E-state index in [0.29, 0.717) is 23.4 Å². The molecule has 0 aromatic heterocycles. The molecule has 0 aliphatic rings. The molecule has 2 amide bonds. The number of amides is 2. The van der Waals surface area contributed by atoms with Gasteiger partial charge in [0.2, 0.25) is 0 Å². The molecular formula is C25H27N3O3. The summed E-state index contributed by atoms with van der Waals surface area (Å²) >= 11 is 0. The van der Waals surface area contributed by atoms with Crippen molar-refractivity contribution in [2.24, 2.45) is 0 Å². The highest BCUT2D eigenvalue weighted by molar-refractivity contribution is 6.08. The zero-order valence-corrected chi connectivity index (χ0v) is 18.0. The first-order valence-corrected chi connectivity index (χ1v) is 10.0. The maximum atomic E-state index is 13.0. The minimum absolute atomic E-state index is 0.0776. The van der Waals surface area contributed by atoms with Crippen LogP contribution >= 0.6 is 0 Å². The second-order valence-electron chi connectivity index (χ2n) is 7.30. The first-order valence-electron chi connectivity index (χ1n) is 10.0. The number of para-hydroxylation sites is 2. The number of hydrogen-bond donors (Lipinski definition) is 2. The van der Waals surface area contributed by atoms with Gasteiger partial charge in [0, 0.05) is 17.7 Å². The molecule has 160 valence electrons. The van der Waals surface area contributed by atoms with Gasteiger partial charge in [0.15, 0.2) is 0 Å². The second-order valence-corrected chi connectivity index (χ2v) is 7.30. The fourth-order valence-corrected chi connectivity index (χ4v) is 3.37. The first kappa shape index (κ1) is 22.1. The van der Waals surface area contributed by atoms with Crippen molar-refractivity contribution in [1.29, 1.82) is 0 Å². The lowest BCUT2D eigenvalue weighted by atomic mass is 10.0. The molecule has 0 aliphatic carbocycles. The normalized spacial score (nSPS) is 11.6. The average Bonchev–Trinajstić information content (AvgIpc) is 2.80. The Hall–Kier alpha value is -3.64. The first-order chi connectivity index (χ1) is 15.0. The molecule has 0 saturated heterocycles. The molecule has 31 heavy (non-hydrogen) atoms. The molecule has 2 N–H and O–H groups in total. The van der Waals surface area contributed by atoms with Crippen molar-refractivity contribution >= 4 is 17.5 Å². The Labute approximate surface area is 182 Å². The Balaban J connectivity index is 1.75. The quantitative estimate of drug-likeness (QED) is 0.582. The van der Waals surface area contributed by atoms with Crippen molar-refractivity contribution in [2.45, 2.75) is 6.04 Å². The van der Waals surface area contributed by atoms with E-state index in [1.807, 2.05) is 49.3 Å². The molecule has 0 fully saturated rings. The monoisotopic (exact) mass is 417 g/mol. The van der Waals surface area contributed by atoms with Gasteiger partial charge in [0.1, 0.15) is 5.75 Å². The number of ether oxygens (including phenoxy) is 1. The summed E-state index contributed by atoms with van der Waals surface area (Å²) < 4.78 is 5.49. The summed E-state index contributed by atoms with van der Waals surface area (Å²) in [5.41, 5.74) is 2.39. The van der Waals surface area contributed by atoms with Gasteiger partial charge in [0.05, 0.1) is 24.4 Å². The molecule has 0 heterocycles. The lowest BCUT2D eigenvalue weighted by molar-refractivity contribution is 0.0942. The number of benzene rings is 3. The SMILES string of the molecule is COc1ccccc1C(CNC(=O)c1ccccc1NC(=O)c1ccccc1)N(C)C. The molecule has 0 spiro atoms. The number of anilines is 1. The van der Waals surface area contributed by atoms with Crippen LogP contribution < -0.4 is 15.4 Å². The molecule has 6 nitrogen and oxygen atoms in total. The van der Waals surface area contributed by atoms with Crippen LogP contribution in [0.3, 0.4) is 0 Å². The van der Waals surface area contributed by atoms with Crippen LogP contribution in [-0.2, 0) is 0 Å². The van der Waals surface area contributed by atoms with Crippen molar-refractivity contribution in [3.05, 3.63) is 95.6 Å². The molecule has 0 bridgehead atoms. The van der Waals surface area contributed by atoms with Gasteiger partial charge in [-0.15, -0.1) is 0 Å². The maximum absolute atomic E-state index is 13.0. The van der Waals surface area contributed by atoms with Crippen LogP contribution in [0.25, 0.3) is 0 Å². The third-order valence-electron chi connectivity index (χ3n) is 5.03. The number of nitrogens with zero attached hydrogens (tertiary/aromatic N) is 1. The van der Waals surface area contributed by atoms with Gasteiger partial charge in [-0.1, -0.05) is 48.5 Å². The zero-order chi connectivity index (χ0) is 22.2. The topological polar surface area (TPSA) is 70.7 Å². The van der Waals surface area contributed by atoms with E-state index < -0.39 is 0 Å². The highest BCUT2D eigenvalue weighted by Crippen LogP contribution is 2.27. The zero-order valence-electron chi connectivity index (χ0n) is 18.0. The largest absolute Gasteiger partial charge is 0.496 e. The highest BCUT2D eigenvalue weighted by Gasteiger charge is 2.20. The summed E-state index contributed by atoms with van der Waals surface area (Å²) in [6.07, 6.45) is 0. The molecule has 3 rings (SSSR count). The van der Waals surface area contributed by atoms with Crippen LogP contribution in [0.4, 0.5) is 5.69 Å². The van der Waals surface area contributed by atoms with E-state index in [0.717, 1.165) is 11.3 Å². The summed E-state index contributed by atoms with van der Waals surface area (Å²) in [6.45, 7) is 0.382. The Bertz CT molecular complexity index is 1030. The fraction of sp³-hybridized carbons (Fsp3) is 0.200. The minimum atomic E-state index is -0.263. The van der Waals surface area contributed by atoms with Crippen LogP contribution in [0.1, 0.15) is 32.3 Å². The summed E-state index contributed by atoms with van der Waals surface area (Å²) in [5.74, 6) is 0.248. The lowest BCUT2D eigenvalue weighted by Crippen LogP contribution is -2.35. The molecule has 0 radical (unpaired) electrons. The number of nitrogens with one attached hydrogen (secondary N) is 2. The lowest BCUT2D eigenvalue weighted by Gasteiger charge is -2.26. The number of methoxy groups -OCH3 is 1. The molecule has 1 unspecified atom stereocenters. The van der Waals surface area contributed by atoms with Gasteiger partial charge in [-0.3, -0.25) is 9.59 Å². The standard InChI is InChI=1S/C25H27N3O3/c1-28(2)22(20-14-8-10-16-23(20)31-3)17-26-25(30)19-13-7-9-15-21(19)27-24(29)18-11-5-4-6-12-18/h4-16,22H,17H2,1-3H3,(H,26,30)(H,27,29). The van der Waals surface area contributed by atoms with Crippen LogP contribution in [-0.4, -0.2) is 44.5 Å². The van der Waals surface area contributed by atoms with E-state index in [1.54, 1.807) is 55.6 Å². The predicted molar refractivity (Wildman–Crippen MR) is 123 cm³/mol. The van der Waals surface area contributed by atoms with Gasteiger partial charge >= 0.3 is 0 Å². The number of carbonyl (C=O) groups is 2. The number of hydrogen-bond acceptors (Lipinski definition) is 4. The van der Waals surface area contributed by atoms with Crippen molar-refractivity contribution in [3.8, 4) is 5.75 Å². The molecule has 6 heteroatoms. The summed E-state index contributed by atoms with van der Waals surface area (Å²) in [7, 11) is 5.55. The highest BCUT2D eigenvalue weighted by atomic mass is 16.5. The second kappa shape index (κ2) is 10.4. The maximum Gasteiger partial charge on any atom is 0.255 e. The Kier molecular flexibility index (Phi) is 7.40. The molecule has 3 aromatic carbocycles. The van der Waals surface area contributed by atoms with Crippen molar-refractivity contribution in [2.75, 3.05) is 33.1 Å². The van der Waals surface area contributed by atoms with Gasteiger partial charge in [-0.25, -0.2) is 0 Å². The average molecular weight is 418 g/mol. The molecule has 1 atom stereocenters. The summed E-state index contributed by atoms with van der Waals surface area (Å²) in [4.78, 5) is 27.5. The van der Waals surface area contributed by atoms with E-state index in [2.05, 4.69) is 10.6 Å². The predicted octanol–water partition coefficient (Wildman–Crippen LogP) is 3.98. The molecule has 0 saturated carbocycles. The summed E-state index contributed by atoms with van der Waals surface area (Å²) in [5, 5.41) is 5.83. The smallest absolute Gasteiger partial charge is 0.255 e. The Morgan fingerprint density at radius 2 is 1.52 bits per heavy atom. The van der Waals surface area contributed by atoms with Crippen LogP contribution in [0, 0.1) is 0 Å². The van der Waals surface area contributed by atoms with Crippen molar-refractivity contribution in [1.82, 2.24) is 10.2 Å². The van der Waals surface area contributed by atoms with E-state index in [1.165, 1.54) is 0 Å². The van der Waals surface area contributed by atoms with Gasteiger partial charge in [0.25, 0.3) is 11.8 Å². The van der Waals surface area contributed by atoms with Crippen molar-refractivity contribution in [3.63, 3.8) is 0 Å². The minimum Gasteiger partial charge on any atom is -0.496 e. The van der Waals surface area contributed by atoms with E-state index >= 15 is 0 Å². The third-order valence-corrected chi connectivity index (χ3v) is 5.03. The van der Waals surface area contributed by atoms with E-state index in [9.17, 15) is 9.59 Å². The molecule has 3 aromatic rings. The Morgan fingerprint density at radius 1 is 0.871 bits per heavy atom. The number of rotatable bonds is 8.